The standard InChI is InChI=1S/C26H29NO6S/c1-27(19-7-3-2-4-8-19)25(29)17-34-24-10-6-5-9-20(24)26(30)33-16-21(28)18-11-12-22-23(15-18)32-14-13-31-22/h5-6,9-12,15,19H,2-4,7-8,13-14,16-17H2,1H3. The lowest BCUT2D eigenvalue weighted by molar-refractivity contribution is -0.129. The van der Waals surface area contributed by atoms with E-state index in [1.165, 1.54) is 18.2 Å². The number of hydrogen-bond acceptors (Lipinski definition) is 7. The van der Waals surface area contributed by atoms with Crippen LogP contribution in [0.3, 0.4) is 0 Å². The molecule has 180 valence electrons. The number of Topliss-reactive ketones (excluding diaryl/α,β-unsaturated/α-hetero) is 1. The zero-order valence-corrected chi connectivity index (χ0v) is 20.1. The van der Waals surface area contributed by atoms with Crippen LogP contribution in [0.1, 0.15) is 52.8 Å². The first-order chi connectivity index (χ1) is 16.5. The minimum absolute atomic E-state index is 0.0499. The van der Waals surface area contributed by atoms with Gasteiger partial charge >= 0.3 is 5.97 Å². The van der Waals surface area contributed by atoms with Crippen LogP contribution in [-0.4, -0.2) is 61.2 Å². The molecule has 0 radical (unpaired) electrons. The fraction of sp³-hybridized carbons (Fsp3) is 0.423. The second-order valence-electron chi connectivity index (χ2n) is 8.44. The summed E-state index contributed by atoms with van der Waals surface area (Å²) in [6.07, 6.45) is 5.66. The number of esters is 1. The van der Waals surface area contributed by atoms with Crippen LogP contribution in [0.4, 0.5) is 0 Å². The van der Waals surface area contributed by atoms with E-state index in [0.717, 1.165) is 25.7 Å². The lowest BCUT2D eigenvalue weighted by Gasteiger charge is -2.31. The van der Waals surface area contributed by atoms with Crippen molar-refractivity contribution >= 4 is 29.4 Å². The van der Waals surface area contributed by atoms with E-state index in [9.17, 15) is 14.4 Å². The molecular formula is C26H29NO6S. The van der Waals surface area contributed by atoms with Gasteiger partial charge < -0.3 is 19.1 Å². The van der Waals surface area contributed by atoms with Gasteiger partial charge in [-0.25, -0.2) is 4.79 Å². The molecule has 0 spiro atoms. The molecule has 4 rings (SSSR count). The smallest absolute Gasteiger partial charge is 0.339 e. The zero-order valence-electron chi connectivity index (χ0n) is 19.3. The van der Waals surface area contributed by atoms with Crippen LogP contribution in [0.5, 0.6) is 11.5 Å². The molecule has 1 saturated carbocycles. The SMILES string of the molecule is CN(C(=O)CSc1ccccc1C(=O)OCC(=O)c1ccc2c(c1)OCCO2)C1CCCCC1. The molecule has 1 heterocycles. The molecule has 2 aromatic rings. The molecular weight excluding hydrogens is 454 g/mol. The number of hydrogen-bond donors (Lipinski definition) is 0. The third-order valence-electron chi connectivity index (χ3n) is 6.17. The van der Waals surface area contributed by atoms with E-state index < -0.39 is 5.97 Å². The Kier molecular flexibility index (Phi) is 8.11. The Morgan fingerprint density at radius 2 is 1.74 bits per heavy atom. The Bertz CT molecular complexity index is 1050. The van der Waals surface area contributed by atoms with Crippen molar-refractivity contribution in [3.8, 4) is 11.5 Å². The van der Waals surface area contributed by atoms with Gasteiger partial charge in [-0.2, -0.15) is 0 Å². The van der Waals surface area contributed by atoms with Gasteiger partial charge in [0, 0.05) is 23.5 Å². The van der Waals surface area contributed by atoms with Gasteiger partial charge in [0.25, 0.3) is 0 Å². The van der Waals surface area contributed by atoms with E-state index in [1.807, 2.05) is 18.0 Å². The van der Waals surface area contributed by atoms with Crippen LogP contribution in [0.25, 0.3) is 0 Å². The van der Waals surface area contributed by atoms with Crippen LogP contribution < -0.4 is 9.47 Å². The number of ketones is 1. The summed E-state index contributed by atoms with van der Waals surface area (Å²) >= 11 is 1.31. The maximum absolute atomic E-state index is 12.7. The molecule has 2 aliphatic rings. The van der Waals surface area contributed by atoms with Crippen molar-refractivity contribution in [2.45, 2.75) is 43.0 Å². The summed E-state index contributed by atoms with van der Waals surface area (Å²) < 4.78 is 16.3. The molecule has 1 aliphatic heterocycles. The van der Waals surface area contributed by atoms with Gasteiger partial charge in [-0.1, -0.05) is 31.4 Å². The predicted octanol–water partition coefficient (Wildman–Crippen LogP) is 4.38. The average Bonchev–Trinajstić information content (AvgIpc) is 2.90. The average molecular weight is 484 g/mol. The van der Waals surface area contributed by atoms with Gasteiger partial charge in [0.15, 0.2) is 23.9 Å². The molecule has 1 amide bonds. The van der Waals surface area contributed by atoms with E-state index >= 15 is 0 Å². The summed E-state index contributed by atoms with van der Waals surface area (Å²) in [5.41, 5.74) is 0.728. The third-order valence-corrected chi connectivity index (χ3v) is 7.23. The Morgan fingerprint density at radius 3 is 2.53 bits per heavy atom. The zero-order chi connectivity index (χ0) is 23.9. The maximum atomic E-state index is 12.7. The van der Waals surface area contributed by atoms with Crippen molar-refractivity contribution in [2.75, 3.05) is 32.6 Å². The minimum atomic E-state index is -0.595. The van der Waals surface area contributed by atoms with Gasteiger partial charge in [-0.05, 0) is 43.2 Å². The number of nitrogens with zero attached hydrogens (tertiary/aromatic N) is 1. The van der Waals surface area contributed by atoms with Crippen LogP contribution in [0.2, 0.25) is 0 Å². The van der Waals surface area contributed by atoms with Crippen molar-refractivity contribution < 1.29 is 28.6 Å². The molecule has 1 aliphatic carbocycles. The lowest BCUT2D eigenvalue weighted by atomic mass is 9.94. The molecule has 0 saturated heterocycles. The highest BCUT2D eigenvalue weighted by Gasteiger charge is 2.23. The highest BCUT2D eigenvalue weighted by atomic mass is 32.2. The van der Waals surface area contributed by atoms with Crippen molar-refractivity contribution in [3.63, 3.8) is 0 Å². The lowest BCUT2D eigenvalue weighted by Crippen LogP contribution is -2.39. The van der Waals surface area contributed by atoms with Crippen LogP contribution in [0, 0.1) is 0 Å². The van der Waals surface area contributed by atoms with Crippen molar-refractivity contribution in [1.29, 1.82) is 0 Å². The number of carbonyl (C=O) groups is 3. The van der Waals surface area contributed by atoms with E-state index in [-0.39, 0.29) is 24.1 Å². The normalized spacial score (nSPS) is 15.4. The fourth-order valence-electron chi connectivity index (χ4n) is 4.18. The highest BCUT2D eigenvalue weighted by Crippen LogP contribution is 2.31. The minimum Gasteiger partial charge on any atom is -0.486 e. The van der Waals surface area contributed by atoms with Crippen LogP contribution in [0.15, 0.2) is 47.4 Å². The number of amides is 1. The number of benzene rings is 2. The van der Waals surface area contributed by atoms with Gasteiger partial charge in [0.2, 0.25) is 5.91 Å². The largest absolute Gasteiger partial charge is 0.486 e. The van der Waals surface area contributed by atoms with Crippen molar-refractivity contribution in [1.82, 2.24) is 4.90 Å². The summed E-state index contributed by atoms with van der Waals surface area (Å²) in [5, 5.41) is 0. The Labute approximate surface area is 203 Å². The number of thioether (sulfide) groups is 1. The summed E-state index contributed by atoms with van der Waals surface area (Å²) in [6, 6.07) is 12.2. The first kappa shape index (κ1) is 24.1. The van der Waals surface area contributed by atoms with E-state index in [1.54, 1.807) is 36.4 Å². The van der Waals surface area contributed by atoms with E-state index in [0.29, 0.717) is 46.8 Å². The molecule has 2 aromatic carbocycles. The van der Waals surface area contributed by atoms with Crippen molar-refractivity contribution in [2.24, 2.45) is 0 Å². The number of fused-ring (bicyclic) bond motifs is 1. The molecule has 0 atom stereocenters. The van der Waals surface area contributed by atoms with Crippen LogP contribution >= 0.6 is 11.8 Å². The second-order valence-corrected chi connectivity index (χ2v) is 9.46. The van der Waals surface area contributed by atoms with Gasteiger partial charge in [0.05, 0.1) is 11.3 Å². The fourth-order valence-corrected chi connectivity index (χ4v) is 5.15. The monoisotopic (exact) mass is 483 g/mol. The summed E-state index contributed by atoms with van der Waals surface area (Å²) in [5.74, 6) is 0.464. The first-order valence-electron chi connectivity index (χ1n) is 11.6. The molecule has 1 fully saturated rings. The molecule has 7 nitrogen and oxygen atoms in total. The number of ether oxygens (including phenoxy) is 3. The molecule has 0 unspecified atom stereocenters. The highest BCUT2D eigenvalue weighted by molar-refractivity contribution is 8.00. The van der Waals surface area contributed by atoms with E-state index in [4.69, 9.17) is 14.2 Å². The second kappa shape index (κ2) is 11.4. The Balaban J connectivity index is 1.33. The molecule has 0 N–H and O–H groups in total. The Morgan fingerprint density at radius 1 is 1.00 bits per heavy atom. The van der Waals surface area contributed by atoms with Gasteiger partial charge in [-0.3, -0.25) is 9.59 Å². The number of carbonyl (C=O) groups excluding carboxylic acids is 3. The predicted molar refractivity (Wildman–Crippen MR) is 129 cm³/mol. The topological polar surface area (TPSA) is 82.1 Å². The van der Waals surface area contributed by atoms with Crippen molar-refractivity contribution in [3.05, 3.63) is 53.6 Å². The molecule has 8 heteroatoms. The van der Waals surface area contributed by atoms with Gasteiger partial charge in [0.1, 0.15) is 13.2 Å². The number of rotatable bonds is 8. The first-order valence-corrected chi connectivity index (χ1v) is 12.6. The molecule has 0 aromatic heterocycles. The summed E-state index contributed by atoms with van der Waals surface area (Å²) in [6.45, 7) is 0.506. The maximum Gasteiger partial charge on any atom is 0.339 e. The van der Waals surface area contributed by atoms with Crippen LogP contribution in [-0.2, 0) is 9.53 Å². The third kappa shape index (κ3) is 5.91. The quantitative estimate of drug-likeness (QED) is 0.313. The van der Waals surface area contributed by atoms with Gasteiger partial charge in [-0.15, -0.1) is 11.8 Å². The summed E-state index contributed by atoms with van der Waals surface area (Å²) in [4.78, 5) is 40.5. The molecule has 34 heavy (non-hydrogen) atoms. The Hall–Kier alpha value is -3.00. The van der Waals surface area contributed by atoms with E-state index in [2.05, 4.69) is 0 Å². The summed E-state index contributed by atoms with van der Waals surface area (Å²) in [7, 11) is 1.86. The molecule has 0 bridgehead atoms.